The summed E-state index contributed by atoms with van der Waals surface area (Å²) in [6, 6.07) is 3.04. The zero-order valence-electron chi connectivity index (χ0n) is 17.0. The minimum Gasteiger partial charge on any atom is -0.343 e. The number of hydrogen-bond acceptors (Lipinski definition) is 6. The van der Waals surface area contributed by atoms with Gasteiger partial charge in [0, 0.05) is 37.9 Å². The van der Waals surface area contributed by atoms with E-state index in [0.717, 1.165) is 57.5 Å². The Bertz CT molecular complexity index is 1050. The lowest BCUT2D eigenvalue weighted by molar-refractivity contribution is -0.127. The number of aromatic amines is 1. The highest BCUT2D eigenvalue weighted by atomic mass is 19.1. The van der Waals surface area contributed by atoms with E-state index in [1.54, 1.807) is 19.2 Å². The third-order valence-corrected chi connectivity index (χ3v) is 6.42. The van der Waals surface area contributed by atoms with E-state index in [1.165, 1.54) is 6.07 Å². The molecule has 0 bridgehead atoms. The van der Waals surface area contributed by atoms with Crippen molar-refractivity contribution in [1.82, 2.24) is 30.1 Å². The third kappa shape index (κ3) is 3.58. The number of nitrogens with one attached hydrogen (secondary N) is 1. The lowest BCUT2D eigenvalue weighted by Crippen LogP contribution is -2.37. The molecule has 3 aromatic rings. The minimum atomic E-state index is -0.387. The maximum Gasteiger partial charge on any atom is 0.230 e. The van der Waals surface area contributed by atoms with E-state index in [9.17, 15) is 9.18 Å². The Balaban J connectivity index is 1.23. The summed E-state index contributed by atoms with van der Waals surface area (Å²) in [7, 11) is 0. The number of benzene rings is 1. The van der Waals surface area contributed by atoms with Gasteiger partial charge in [0.1, 0.15) is 5.82 Å². The molecule has 9 heteroatoms. The fourth-order valence-corrected chi connectivity index (χ4v) is 4.72. The number of nitrogens with zero attached hydrogens (tertiary/aromatic N) is 5. The van der Waals surface area contributed by atoms with E-state index in [2.05, 4.69) is 25.2 Å². The molecule has 0 unspecified atom stereocenters. The molecule has 0 aliphatic carbocycles. The van der Waals surface area contributed by atoms with Gasteiger partial charge in [-0.15, -0.1) is 0 Å². The predicted octanol–water partition coefficient (Wildman–Crippen LogP) is 2.80. The molecule has 2 aliphatic heterocycles. The van der Waals surface area contributed by atoms with Crippen molar-refractivity contribution in [3.8, 4) is 11.4 Å². The first kappa shape index (κ1) is 19.2. The lowest BCUT2D eigenvalue weighted by atomic mass is 9.95. The second kappa shape index (κ2) is 7.79. The van der Waals surface area contributed by atoms with Gasteiger partial charge in [-0.25, -0.2) is 4.39 Å². The van der Waals surface area contributed by atoms with Gasteiger partial charge in [-0.3, -0.25) is 9.89 Å². The van der Waals surface area contributed by atoms with E-state index < -0.39 is 0 Å². The Kier molecular flexibility index (Phi) is 4.98. The summed E-state index contributed by atoms with van der Waals surface area (Å²) in [4.78, 5) is 20.5. The molecule has 2 aliphatic rings. The number of carbonyl (C=O) groups excluding carboxylic acids is 1. The summed E-state index contributed by atoms with van der Waals surface area (Å²) in [5.74, 6) is 1.37. The number of halogens is 1. The van der Waals surface area contributed by atoms with Gasteiger partial charge in [0.25, 0.3) is 0 Å². The standard InChI is InChI=1S/C21H25FN6O2/c1-13(29)28-9-4-14(12-28)11-27-7-5-15(6-8-27)21-24-20(26-30-21)19-16-10-23-25-18(16)3-2-17(19)22/h2-3,10,14-15H,4-9,11-12H2,1H3,(H,23,25)/t14-/m0/s1. The van der Waals surface area contributed by atoms with Gasteiger partial charge in [-0.1, -0.05) is 5.16 Å². The first-order valence-corrected chi connectivity index (χ1v) is 10.5. The number of carbonyl (C=O) groups is 1. The summed E-state index contributed by atoms with van der Waals surface area (Å²) >= 11 is 0. The average molecular weight is 412 g/mol. The van der Waals surface area contributed by atoms with E-state index in [-0.39, 0.29) is 23.5 Å². The lowest BCUT2D eigenvalue weighted by Gasteiger charge is -2.32. The normalized spacial score (nSPS) is 21.0. The van der Waals surface area contributed by atoms with Crippen LogP contribution in [0.3, 0.4) is 0 Å². The Hall–Kier alpha value is -2.81. The van der Waals surface area contributed by atoms with Crippen LogP contribution in [-0.4, -0.2) is 68.8 Å². The fourth-order valence-electron chi connectivity index (χ4n) is 4.72. The molecular weight excluding hydrogens is 387 g/mol. The first-order valence-electron chi connectivity index (χ1n) is 10.5. The highest BCUT2D eigenvalue weighted by Crippen LogP contribution is 2.32. The Morgan fingerprint density at radius 1 is 1.27 bits per heavy atom. The zero-order valence-corrected chi connectivity index (χ0v) is 17.0. The van der Waals surface area contributed by atoms with Gasteiger partial charge in [-0.2, -0.15) is 10.1 Å². The molecule has 1 aromatic carbocycles. The van der Waals surface area contributed by atoms with Crippen molar-refractivity contribution in [3.05, 3.63) is 30.0 Å². The SMILES string of the molecule is CC(=O)N1CC[C@@H](CN2CCC(c3nc(-c4c(F)ccc5[nH]ncc45)no3)CC2)C1. The van der Waals surface area contributed by atoms with Crippen LogP contribution in [0.5, 0.6) is 0 Å². The smallest absolute Gasteiger partial charge is 0.230 e. The molecule has 1 amide bonds. The number of fused-ring (bicyclic) bond motifs is 1. The van der Waals surface area contributed by atoms with Crippen LogP contribution in [0.4, 0.5) is 4.39 Å². The van der Waals surface area contributed by atoms with Crippen molar-refractivity contribution < 1.29 is 13.7 Å². The summed E-state index contributed by atoms with van der Waals surface area (Å²) in [5, 5.41) is 11.5. The first-order chi connectivity index (χ1) is 14.6. The maximum atomic E-state index is 14.5. The molecule has 158 valence electrons. The van der Waals surface area contributed by atoms with Crippen LogP contribution in [-0.2, 0) is 4.79 Å². The van der Waals surface area contributed by atoms with Crippen LogP contribution in [0.15, 0.2) is 22.9 Å². The molecule has 1 N–H and O–H groups in total. The van der Waals surface area contributed by atoms with Crippen LogP contribution >= 0.6 is 0 Å². The molecule has 2 saturated heterocycles. The van der Waals surface area contributed by atoms with Crippen LogP contribution in [0.2, 0.25) is 0 Å². The van der Waals surface area contributed by atoms with Crippen molar-refractivity contribution in [2.75, 3.05) is 32.7 Å². The van der Waals surface area contributed by atoms with Crippen LogP contribution < -0.4 is 0 Å². The van der Waals surface area contributed by atoms with Crippen LogP contribution in [0, 0.1) is 11.7 Å². The van der Waals surface area contributed by atoms with Crippen molar-refractivity contribution >= 4 is 16.8 Å². The minimum absolute atomic E-state index is 0.172. The Labute approximate surface area is 173 Å². The van der Waals surface area contributed by atoms with Crippen molar-refractivity contribution in [2.45, 2.75) is 32.1 Å². The number of amides is 1. The van der Waals surface area contributed by atoms with Crippen molar-refractivity contribution in [1.29, 1.82) is 0 Å². The number of likely N-dealkylation sites (tertiary alicyclic amines) is 2. The Morgan fingerprint density at radius 3 is 2.87 bits per heavy atom. The molecular formula is C21H25FN6O2. The maximum absolute atomic E-state index is 14.5. The van der Waals surface area contributed by atoms with E-state index in [0.29, 0.717) is 22.8 Å². The second-order valence-corrected chi connectivity index (χ2v) is 8.40. The van der Waals surface area contributed by atoms with E-state index in [1.807, 2.05) is 4.90 Å². The second-order valence-electron chi connectivity index (χ2n) is 8.40. The largest absolute Gasteiger partial charge is 0.343 e. The third-order valence-electron chi connectivity index (χ3n) is 6.42. The predicted molar refractivity (Wildman–Crippen MR) is 108 cm³/mol. The summed E-state index contributed by atoms with van der Waals surface area (Å²) < 4.78 is 20.0. The highest BCUT2D eigenvalue weighted by molar-refractivity contribution is 5.92. The van der Waals surface area contributed by atoms with Crippen LogP contribution in [0.1, 0.15) is 38.0 Å². The molecule has 30 heavy (non-hydrogen) atoms. The van der Waals surface area contributed by atoms with Crippen LogP contribution in [0.25, 0.3) is 22.3 Å². The number of aromatic nitrogens is 4. The highest BCUT2D eigenvalue weighted by Gasteiger charge is 2.30. The number of piperidine rings is 1. The topological polar surface area (TPSA) is 91.2 Å². The molecule has 5 rings (SSSR count). The van der Waals surface area contributed by atoms with Crippen molar-refractivity contribution in [3.63, 3.8) is 0 Å². The van der Waals surface area contributed by atoms with E-state index >= 15 is 0 Å². The monoisotopic (exact) mass is 412 g/mol. The van der Waals surface area contributed by atoms with Gasteiger partial charge >= 0.3 is 0 Å². The quantitative estimate of drug-likeness (QED) is 0.709. The molecule has 0 spiro atoms. The molecule has 2 aromatic heterocycles. The molecule has 2 fully saturated rings. The summed E-state index contributed by atoms with van der Waals surface area (Å²) in [6.45, 7) is 6.34. The van der Waals surface area contributed by atoms with Gasteiger partial charge in [0.15, 0.2) is 0 Å². The summed E-state index contributed by atoms with van der Waals surface area (Å²) in [6.07, 6.45) is 4.53. The molecule has 0 saturated carbocycles. The van der Waals surface area contributed by atoms with Gasteiger partial charge in [-0.05, 0) is 50.4 Å². The van der Waals surface area contributed by atoms with Gasteiger partial charge in [0.2, 0.25) is 17.6 Å². The van der Waals surface area contributed by atoms with Gasteiger partial charge in [0.05, 0.1) is 17.3 Å². The number of H-pyrrole nitrogens is 1. The zero-order chi connectivity index (χ0) is 20.7. The molecule has 0 radical (unpaired) electrons. The Morgan fingerprint density at radius 2 is 2.10 bits per heavy atom. The molecule has 8 nitrogen and oxygen atoms in total. The van der Waals surface area contributed by atoms with Gasteiger partial charge < -0.3 is 14.3 Å². The van der Waals surface area contributed by atoms with E-state index in [4.69, 9.17) is 4.52 Å². The number of rotatable bonds is 4. The van der Waals surface area contributed by atoms with Crippen molar-refractivity contribution in [2.24, 2.45) is 5.92 Å². The fraction of sp³-hybridized carbons (Fsp3) is 0.524. The molecule has 1 atom stereocenters. The summed E-state index contributed by atoms with van der Waals surface area (Å²) in [5.41, 5.74) is 1.06. The molecule has 4 heterocycles. The average Bonchev–Trinajstić information content (AvgIpc) is 3.49. The number of hydrogen-bond donors (Lipinski definition) is 1.